The van der Waals surface area contributed by atoms with Crippen LogP contribution in [0.15, 0.2) is 42.5 Å². The van der Waals surface area contributed by atoms with Gasteiger partial charge in [0.2, 0.25) is 0 Å². The molecule has 0 saturated carbocycles. The molecule has 102 valence electrons. The molecule has 1 atom stereocenters. The molecular weight excluding hydrogens is 265 g/mol. The Hall–Kier alpha value is -1.97. The van der Waals surface area contributed by atoms with Gasteiger partial charge < -0.3 is 4.74 Å². The maximum Gasteiger partial charge on any atom is 0.416 e. The lowest BCUT2D eigenvalue weighted by Crippen LogP contribution is -2.41. The fourth-order valence-electron chi connectivity index (χ4n) is 3.32. The Labute approximate surface area is 114 Å². The molecule has 1 nitrogen and oxygen atoms in total. The van der Waals surface area contributed by atoms with Crippen LogP contribution in [0.25, 0.3) is 0 Å². The summed E-state index contributed by atoms with van der Waals surface area (Å²) in [6, 6.07) is 11.9. The molecule has 2 aliphatic rings. The smallest absolute Gasteiger partial charge is 0.416 e. The van der Waals surface area contributed by atoms with Gasteiger partial charge in [-0.2, -0.15) is 13.2 Å². The van der Waals surface area contributed by atoms with Crippen LogP contribution in [-0.4, -0.2) is 6.61 Å². The third-order valence-corrected chi connectivity index (χ3v) is 4.32. The van der Waals surface area contributed by atoms with Gasteiger partial charge in [-0.25, -0.2) is 0 Å². The van der Waals surface area contributed by atoms with Crippen LogP contribution in [0.2, 0.25) is 0 Å². The van der Waals surface area contributed by atoms with Crippen molar-refractivity contribution >= 4 is 0 Å². The van der Waals surface area contributed by atoms with Crippen LogP contribution in [-0.2, 0) is 18.0 Å². The van der Waals surface area contributed by atoms with Gasteiger partial charge in [0, 0.05) is 5.56 Å². The second-order valence-corrected chi connectivity index (χ2v) is 5.41. The Bertz CT molecular complexity index is 705. The number of benzene rings is 2. The van der Waals surface area contributed by atoms with Crippen LogP contribution >= 0.6 is 0 Å². The lowest BCUT2D eigenvalue weighted by molar-refractivity contribution is -0.137. The molecule has 0 saturated heterocycles. The van der Waals surface area contributed by atoms with E-state index in [-0.39, 0.29) is 5.41 Å². The molecule has 1 aliphatic carbocycles. The van der Waals surface area contributed by atoms with Crippen molar-refractivity contribution in [3.05, 3.63) is 64.7 Å². The van der Waals surface area contributed by atoms with Crippen molar-refractivity contribution in [2.75, 3.05) is 6.61 Å². The summed E-state index contributed by atoms with van der Waals surface area (Å²) in [7, 11) is 0. The molecule has 1 heterocycles. The Morgan fingerprint density at radius 2 is 1.80 bits per heavy atom. The Kier molecular flexibility index (Phi) is 2.11. The van der Waals surface area contributed by atoms with Crippen LogP contribution in [0.4, 0.5) is 13.2 Å². The van der Waals surface area contributed by atoms with E-state index in [1.165, 1.54) is 11.1 Å². The number of alkyl halides is 3. The van der Waals surface area contributed by atoms with Gasteiger partial charge in [-0.3, -0.25) is 0 Å². The molecule has 0 amide bonds. The lowest BCUT2D eigenvalue weighted by atomic mass is 9.61. The normalized spacial score (nSPS) is 22.9. The van der Waals surface area contributed by atoms with Gasteiger partial charge in [0.05, 0.1) is 11.0 Å². The highest BCUT2D eigenvalue weighted by molar-refractivity contribution is 5.60. The Balaban J connectivity index is 1.82. The minimum Gasteiger partial charge on any atom is -0.492 e. The summed E-state index contributed by atoms with van der Waals surface area (Å²) in [5, 5.41) is 0. The molecule has 2 aromatic carbocycles. The van der Waals surface area contributed by atoms with Gasteiger partial charge in [0.25, 0.3) is 0 Å². The first-order chi connectivity index (χ1) is 9.51. The van der Waals surface area contributed by atoms with Gasteiger partial charge in [-0.15, -0.1) is 0 Å². The molecule has 20 heavy (non-hydrogen) atoms. The fourth-order valence-corrected chi connectivity index (χ4v) is 3.32. The zero-order valence-corrected chi connectivity index (χ0v) is 10.5. The van der Waals surface area contributed by atoms with Crippen LogP contribution in [0.3, 0.4) is 0 Å². The quantitative estimate of drug-likeness (QED) is 0.708. The lowest BCUT2D eigenvalue weighted by Gasteiger charge is -2.40. The monoisotopic (exact) mass is 276 g/mol. The Morgan fingerprint density at radius 1 is 1.00 bits per heavy atom. The molecule has 4 heteroatoms. The predicted molar refractivity (Wildman–Crippen MR) is 67.9 cm³/mol. The highest BCUT2D eigenvalue weighted by atomic mass is 19.4. The van der Waals surface area contributed by atoms with Crippen LogP contribution < -0.4 is 4.74 Å². The first-order valence-electron chi connectivity index (χ1n) is 6.44. The summed E-state index contributed by atoms with van der Waals surface area (Å²) in [6.45, 7) is 0.431. The third-order valence-electron chi connectivity index (χ3n) is 4.32. The van der Waals surface area contributed by atoms with Gasteiger partial charge >= 0.3 is 6.18 Å². The van der Waals surface area contributed by atoms with E-state index in [0.29, 0.717) is 12.4 Å². The highest BCUT2D eigenvalue weighted by Crippen LogP contribution is 2.53. The molecule has 0 fully saturated rings. The number of fused-ring (bicyclic) bond motifs is 4. The summed E-state index contributed by atoms with van der Waals surface area (Å²) >= 11 is 0. The third kappa shape index (κ3) is 1.39. The molecule has 0 N–H and O–H groups in total. The molecule has 1 aliphatic heterocycles. The zero-order valence-electron chi connectivity index (χ0n) is 10.5. The van der Waals surface area contributed by atoms with Gasteiger partial charge in [0.15, 0.2) is 0 Å². The second-order valence-electron chi connectivity index (χ2n) is 5.41. The summed E-state index contributed by atoms with van der Waals surface area (Å²) < 4.78 is 43.7. The van der Waals surface area contributed by atoms with Crippen molar-refractivity contribution in [2.45, 2.75) is 18.0 Å². The van der Waals surface area contributed by atoms with E-state index in [9.17, 15) is 13.2 Å². The molecule has 0 aromatic heterocycles. The van der Waals surface area contributed by atoms with Gasteiger partial charge in [-0.1, -0.05) is 30.3 Å². The standard InChI is InChI=1S/C16H11F3O/c17-16(18,19)11-5-6-13-14(7-11)20-9-15(13)8-10-3-1-2-4-12(10)15/h1-7H,8-9H2. The molecule has 2 aromatic rings. The maximum atomic E-state index is 12.7. The molecule has 0 bridgehead atoms. The number of halogens is 3. The fraction of sp³-hybridized carbons (Fsp3) is 0.250. The summed E-state index contributed by atoms with van der Waals surface area (Å²) in [4.78, 5) is 0. The van der Waals surface area contributed by atoms with E-state index < -0.39 is 11.7 Å². The van der Waals surface area contributed by atoms with Crippen molar-refractivity contribution in [2.24, 2.45) is 0 Å². The van der Waals surface area contributed by atoms with Gasteiger partial charge in [0.1, 0.15) is 12.4 Å². The van der Waals surface area contributed by atoms with Crippen LogP contribution in [0.1, 0.15) is 22.3 Å². The summed E-state index contributed by atoms with van der Waals surface area (Å²) in [5.41, 5.74) is 2.42. The van der Waals surface area contributed by atoms with E-state index in [1.807, 2.05) is 18.2 Å². The number of rotatable bonds is 0. The van der Waals surface area contributed by atoms with Crippen molar-refractivity contribution in [3.63, 3.8) is 0 Å². The topological polar surface area (TPSA) is 9.23 Å². The van der Waals surface area contributed by atoms with E-state index in [1.54, 1.807) is 6.07 Å². The van der Waals surface area contributed by atoms with Crippen LogP contribution in [0.5, 0.6) is 5.75 Å². The molecule has 1 spiro atoms. The average molecular weight is 276 g/mol. The number of hydrogen-bond donors (Lipinski definition) is 0. The van der Waals surface area contributed by atoms with Gasteiger partial charge in [-0.05, 0) is 29.7 Å². The molecule has 4 rings (SSSR count). The second kappa shape index (κ2) is 3.57. The molecule has 0 radical (unpaired) electrons. The molecule has 1 unspecified atom stereocenters. The van der Waals surface area contributed by atoms with Crippen molar-refractivity contribution < 1.29 is 17.9 Å². The van der Waals surface area contributed by atoms with E-state index in [0.717, 1.165) is 24.1 Å². The van der Waals surface area contributed by atoms with E-state index in [4.69, 9.17) is 4.74 Å². The largest absolute Gasteiger partial charge is 0.492 e. The minimum absolute atomic E-state index is 0.240. The highest BCUT2D eigenvalue weighted by Gasteiger charge is 2.50. The summed E-state index contributed by atoms with van der Waals surface area (Å²) in [6.07, 6.45) is -3.49. The predicted octanol–water partition coefficient (Wildman–Crippen LogP) is 3.94. The average Bonchev–Trinajstić information content (AvgIpc) is 2.77. The Morgan fingerprint density at radius 3 is 2.55 bits per heavy atom. The van der Waals surface area contributed by atoms with Crippen molar-refractivity contribution in [1.29, 1.82) is 0 Å². The molecular formula is C16H11F3O. The van der Waals surface area contributed by atoms with E-state index >= 15 is 0 Å². The SMILES string of the molecule is FC(F)(F)c1ccc2c(c1)OCC21Cc2ccccc21. The van der Waals surface area contributed by atoms with Crippen molar-refractivity contribution in [1.82, 2.24) is 0 Å². The number of ether oxygens (including phenoxy) is 1. The first kappa shape index (κ1) is 11.8. The van der Waals surface area contributed by atoms with Crippen molar-refractivity contribution in [3.8, 4) is 5.75 Å². The zero-order chi connectivity index (χ0) is 14.0. The van der Waals surface area contributed by atoms with E-state index in [2.05, 4.69) is 6.07 Å². The number of hydrogen-bond acceptors (Lipinski definition) is 1. The maximum absolute atomic E-state index is 12.7. The van der Waals surface area contributed by atoms with Crippen LogP contribution in [0, 0.1) is 0 Å². The summed E-state index contributed by atoms with van der Waals surface area (Å²) in [5.74, 6) is 0.370. The minimum atomic E-state index is -4.33. The first-order valence-corrected chi connectivity index (χ1v) is 6.44.